The maximum absolute atomic E-state index is 5.42. The topological polar surface area (TPSA) is 64.1 Å². The molecule has 0 atom stereocenters. The van der Waals surface area contributed by atoms with Gasteiger partial charge in [0.15, 0.2) is 16.6 Å². The van der Waals surface area contributed by atoms with Crippen molar-refractivity contribution in [1.29, 1.82) is 0 Å². The number of hydrogen-bond acceptors (Lipinski definition) is 5. The molecule has 0 aromatic heterocycles. The quantitative estimate of drug-likeness (QED) is 0.458. The molecule has 2 rings (SSSR count). The van der Waals surface area contributed by atoms with Crippen LogP contribution < -0.4 is 25.0 Å². The normalized spacial score (nSPS) is 10.5. The Balaban J connectivity index is 2.09. The second-order valence-corrected chi connectivity index (χ2v) is 5.97. The zero-order valence-corrected chi connectivity index (χ0v) is 16.4. The van der Waals surface area contributed by atoms with Gasteiger partial charge in [-0.05, 0) is 49.8 Å². The summed E-state index contributed by atoms with van der Waals surface area (Å²) in [6.07, 6.45) is 1.61. The van der Waals surface area contributed by atoms with Gasteiger partial charge >= 0.3 is 0 Å². The van der Waals surface area contributed by atoms with Crippen LogP contribution in [0, 0.1) is 13.8 Å². The zero-order chi connectivity index (χ0) is 19.1. The van der Waals surface area contributed by atoms with Gasteiger partial charge in [-0.1, -0.05) is 17.7 Å². The molecule has 7 heteroatoms. The Morgan fingerprint density at radius 1 is 1.00 bits per heavy atom. The molecule has 0 aliphatic carbocycles. The van der Waals surface area contributed by atoms with E-state index in [9.17, 15) is 0 Å². The number of thiocarbonyl (C=S) groups is 1. The van der Waals surface area contributed by atoms with Crippen LogP contribution in [0.15, 0.2) is 35.4 Å². The first kappa shape index (κ1) is 19.5. The second-order valence-electron chi connectivity index (χ2n) is 5.57. The Morgan fingerprint density at radius 3 is 2.35 bits per heavy atom. The molecule has 138 valence electrons. The van der Waals surface area contributed by atoms with E-state index in [0.29, 0.717) is 22.4 Å². The van der Waals surface area contributed by atoms with Crippen molar-refractivity contribution in [3.63, 3.8) is 0 Å². The van der Waals surface area contributed by atoms with Crippen molar-refractivity contribution >= 4 is 29.2 Å². The summed E-state index contributed by atoms with van der Waals surface area (Å²) in [5, 5.41) is 7.69. The van der Waals surface area contributed by atoms with E-state index in [-0.39, 0.29) is 0 Å². The number of rotatable bonds is 6. The third-order valence-corrected chi connectivity index (χ3v) is 3.93. The van der Waals surface area contributed by atoms with E-state index >= 15 is 0 Å². The van der Waals surface area contributed by atoms with E-state index in [0.717, 1.165) is 16.8 Å². The number of hydrazone groups is 1. The lowest BCUT2D eigenvalue weighted by Crippen LogP contribution is -2.24. The average molecular weight is 373 g/mol. The van der Waals surface area contributed by atoms with Crippen LogP contribution >= 0.6 is 12.2 Å². The van der Waals surface area contributed by atoms with Crippen LogP contribution in [0.3, 0.4) is 0 Å². The van der Waals surface area contributed by atoms with E-state index in [1.165, 1.54) is 5.56 Å². The summed E-state index contributed by atoms with van der Waals surface area (Å²) in [6.45, 7) is 4.07. The fourth-order valence-electron chi connectivity index (χ4n) is 2.49. The zero-order valence-electron chi connectivity index (χ0n) is 15.5. The lowest BCUT2D eigenvalue weighted by Gasteiger charge is -2.14. The summed E-state index contributed by atoms with van der Waals surface area (Å²) < 4.78 is 16.0. The van der Waals surface area contributed by atoms with E-state index in [1.54, 1.807) is 33.6 Å². The predicted molar refractivity (Wildman–Crippen MR) is 109 cm³/mol. The minimum absolute atomic E-state index is 0.396. The molecular formula is C19H23N3O3S. The Hall–Kier alpha value is -2.80. The number of benzene rings is 2. The fourth-order valence-corrected chi connectivity index (χ4v) is 2.65. The average Bonchev–Trinajstić information content (AvgIpc) is 2.63. The van der Waals surface area contributed by atoms with Crippen molar-refractivity contribution in [1.82, 2.24) is 5.43 Å². The molecule has 0 heterocycles. The van der Waals surface area contributed by atoms with Crippen LogP contribution in [0.5, 0.6) is 17.2 Å². The van der Waals surface area contributed by atoms with Crippen molar-refractivity contribution in [2.24, 2.45) is 5.10 Å². The van der Waals surface area contributed by atoms with E-state index < -0.39 is 0 Å². The predicted octanol–water partition coefficient (Wildman–Crippen LogP) is 3.65. The molecule has 0 spiro atoms. The number of nitrogens with one attached hydrogen (secondary N) is 2. The molecule has 26 heavy (non-hydrogen) atoms. The molecule has 0 unspecified atom stereocenters. The Bertz CT molecular complexity index is 822. The fraction of sp³-hybridized carbons (Fsp3) is 0.263. The lowest BCUT2D eigenvalue weighted by molar-refractivity contribution is 0.324. The summed E-state index contributed by atoms with van der Waals surface area (Å²) in [4.78, 5) is 0. The van der Waals surface area contributed by atoms with Crippen LogP contribution in [0.25, 0.3) is 0 Å². The van der Waals surface area contributed by atoms with Gasteiger partial charge in [-0.2, -0.15) is 5.10 Å². The number of nitrogens with zero attached hydrogens (tertiary/aromatic N) is 1. The number of ether oxygens (including phenoxy) is 3. The summed E-state index contributed by atoms with van der Waals surface area (Å²) in [6, 6.07) is 9.71. The monoisotopic (exact) mass is 373 g/mol. The molecule has 0 fully saturated rings. The molecule has 2 N–H and O–H groups in total. The third-order valence-electron chi connectivity index (χ3n) is 3.73. The second kappa shape index (κ2) is 9.05. The van der Waals surface area contributed by atoms with Crippen molar-refractivity contribution in [2.45, 2.75) is 13.8 Å². The van der Waals surface area contributed by atoms with Crippen LogP contribution in [-0.4, -0.2) is 32.7 Å². The van der Waals surface area contributed by atoms with Crippen LogP contribution in [0.4, 0.5) is 5.69 Å². The Morgan fingerprint density at radius 2 is 1.73 bits per heavy atom. The van der Waals surface area contributed by atoms with Gasteiger partial charge in [-0.25, -0.2) is 0 Å². The van der Waals surface area contributed by atoms with Gasteiger partial charge in [0.2, 0.25) is 5.75 Å². The van der Waals surface area contributed by atoms with E-state index in [4.69, 9.17) is 26.4 Å². The molecular weight excluding hydrogens is 350 g/mol. The first-order valence-corrected chi connectivity index (χ1v) is 8.37. The van der Waals surface area contributed by atoms with Gasteiger partial charge < -0.3 is 19.5 Å². The molecule has 0 saturated carbocycles. The maximum Gasteiger partial charge on any atom is 0.203 e. The molecule has 0 bridgehead atoms. The van der Waals surface area contributed by atoms with Gasteiger partial charge in [-0.15, -0.1) is 0 Å². The Labute approximate surface area is 159 Å². The summed E-state index contributed by atoms with van der Waals surface area (Å²) in [5.41, 5.74) is 6.78. The van der Waals surface area contributed by atoms with Crippen LogP contribution in [0.2, 0.25) is 0 Å². The van der Waals surface area contributed by atoms with Gasteiger partial charge in [0.05, 0.1) is 27.5 Å². The van der Waals surface area contributed by atoms with Crippen molar-refractivity contribution in [3.05, 3.63) is 47.0 Å². The van der Waals surface area contributed by atoms with E-state index in [2.05, 4.69) is 21.9 Å². The van der Waals surface area contributed by atoms with Crippen molar-refractivity contribution < 1.29 is 14.2 Å². The van der Waals surface area contributed by atoms with E-state index in [1.807, 2.05) is 32.0 Å². The van der Waals surface area contributed by atoms with Crippen molar-refractivity contribution in [3.8, 4) is 17.2 Å². The minimum atomic E-state index is 0.396. The van der Waals surface area contributed by atoms with Gasteiger partial charge in [0.1, 0.15) is 0 Å². The molecule has 0 aliphatic rings. The summed E-state index contributed by atoms with van der Waals surface area (Å²) in [5.74, 6) is 1.63. The molecule has 6 nitrogen and oxygen atoms in total. The highest BCUT2D eigenvalue weighted by Crippen LogP contribution is 2.38. The van der Waals surface area contributed by atoms with Gasteiger partial charge in [-0.3, -0.25) is 5.43 Å². The van der Waals surface area contributed by atoms with Crippen LogP contribution in [-0.2, 0) is 0 Å². The highest BCUT2D eigenvalue weighted by molar-refractivity contribution is 7.80. The highest BCUT2D eigenvalue weighted by atomic mass is 32.1. The third kappa shape index (κ3) is 4.64. The number of anilines is 1. The molecule has 0 aliphatic heterocycles. The lowest BCUT2D eigenvalue weighted by atomic mass is 10.1. The SMILES string of the molecule is COc1ccc(C=NNC(=S)Nc2ccc(C)cc2C)c(OC)c1OC. The molecule has 0 saturated heterocycles. The maximum atomic E-state index is 5.42. The van der Waals surface area contributed by atoms with Gasteiger partial charge in [0, 0.05) is 11.3 Å². The first-order chi connectivity index (χ1) is 12.5. The molecule has 2 aromatic rings. The number of hydrogen-bond donors (Lipinski definition) is 2. The van der Waals surface area contributed by atoms with Gasteiger partial charge in [0.25, 0.3) is 0 Å². The van der Waals surface area contributed by atoms with Crippen molar-refractivity contribution in [2.75, 3.05) is 26.6 Å². The summed E-state index contributed by atoms with van der Waals surface area (Å²) >= 11 is 5.28. The molecule has 0 radical (unpaired) electrons. The Kier molecular flexibility index (Phi) is 6.80. The molecule has 2 aromatic carbocycles. The number of aryl methyl sites for hydroxylation is 2. The smallest absolute Gasteiger partial charge is 0.203 e. The molecule has 0 amide bonds. The largest absolute Gasteiger partial charge is 0.493 e. The first-order valence-electron chi connectivity index (χ1n) is 7.96. The van der Waals surface area contributed by atoms with Crippen LogP contribution in [0.1, 0.15) is 16.7 Å². The standard InChI is InChI=1S/C19H23N3O3S/c1-12-6-8-15(13(2)10-12)21-19(26)22-20-11-14-7-9-16(23-3)18(25-5)17(14)24-4/h6-11H,1-5H3,(H2,21,22,26). The number of methoxy groups -OCH3 is 3. The summed E-state index contributed by atoms with van der Waals surface area (Å²) in [7, 11) is 4.70. The highest BCUT2D eigenvalue weighted by Gasteiger charge is 2.14. The minimum Gasteiger partial charge on any atom is -0.493 e.